The van der Waals surface area contributed by atoms with E-state index in [-0.39, 0.29) is 5.75 Å². The van der Waals surface area contributed by atoms with Gasteiger partial charge >= 0.3 is 0 Å². The maximum Gasteiger partial charge on any atom is 0.179 e. The standard InChI is InChI=1S/C18H21NO2S/c20-22(21,18-9-5-2-6-10-18)14-13-19-12-11-17(15-19)16-7-3-1-4-8-16/h1-10,17H,11-15H2/t17-/m1/s1. The third kappa shape index (κ3) is 3.57. The zero-order valence-corrected chi connectivity index (χ0v) is 13.4. The highest BCUT2D eigenvalue weighted by Crippen LogP contribution is 2.26. The number of sulfone groups is 1. The van der Waals surface area contributed by atoms with E-state index in [4.69, 9.17) is 0 Å². The van der Waals surface area contributed by atoms with Crippen LogP contribution in [-0.4, -0.2) is 38.7 Å². The molecule has 4 heteroatoms. The number of benzene rings is 2. The topological polar surface area (TPSA) is 37.4 Å². The van der Waals surface area contributed by atoms with Crippen LogP contribution < -0.4 is 0 Å². The second kappa shape index (κ2) is 6.63. The van der Waals surface area contributed by atoms with Crippen molar-refractivity contribution in [3.63, 3.8) is 0 Å². The highest BCUT2D eigenvalue weighted by atomic mass is 32.2. The van der Waals surface area contributed by atoms with E-state index in [1.807, 2.05) is 12.1 Å². The molecule has 3 rings (SSSR count). The van der Waals surface area contributed by atoms with Crippen molar-refractivity contribution in [3.8, 4) is 0 Å². The van der Waals surface area contributed by atoms with E-state index < -0.39 is 9.84 Å². The minimum Gasteiger partial charge on any atom is -0.302 e. The van der Waals surface area contributed by atoms with Crippen LogP contribution in [0.3, 0.4) is 0 Å². The lowest BCUT2D eigenvalue weighted by Crippen LogP contribution is -2.27. The lowest BCUT2D eigenvalue weighted by Gasteiger charge is -2.16. The van der Waals surface area contributed by atoms with Crippen molar-refractivity contribution in [2.24, 2.45) is 0 Å². The van der Waals surface area contributed by atoms with Gasteiger partial charge in [-0.15, -0.1) is 0 Å². The molecule has 0 saturated carbocycles. The molecule has 3 nitrogen and oxygen atoms in total. The van der Waals surface area contributed by atoms with Gasteiger partial charge in [-0.1, -0.05) is 48.5 Å². The van der Waals surface area contributed by atoms with Crippen molar-refractivity contribution in [1.82, 2.24) is 4.90 Å². The minimum atomic E-state index is -3.17. The summed E-state index contributed by atoms with van der Waals surface area (Å²) in [5.74, 6) is 0.721. The second-order valence-electron chi connectivity index (χ2n) is 5.83. The summed E-state index contributed by atoms with van der Waals surface area (Å²) < 4.78 is 24.6. The molecule has 1 saturated heterocycles. The van der Waals surface area contributed by atoms with Crippen LogP contribution in [0.4, 0.5) is 0 Å². The Morgan fingerprint density at radius 3 is 2.27 bits per heavy atom. The fraction of sp³-hybridized carbons (Fsp3) is 0.333. The zero-order valence-electron chi connectivity index (χ0n) is 12.6. The average Bonchev–Trinajstić information content (AvgIpc) is 3.04. The summed E-state index contributed by atoms with van der Waals surface area (Å²) in [6, 6.07) is 19.2. The first-order valence-electron chi connectivity index (χ1n) is 7.70. The summed E-state index contributed by atoms with van der Waals surface area (Å²) in [6.45, 7) is 2.54. The van der Waals surface area contributed by atoms with E-state index in [0.717, 1.165) is 19.5 Å². The maximum atomic E-state index is 12.3. The lowest BCUT2D eigenvalue weighted by molar-refractivity contribution is 0.354. The first-order valence-corrected chi connectivity index (χ1v) is 9.35. The predicted molar refractivity (Wildman–Crippen MR) is 88.7 cm³/mol. The summed E-state index contributed by atoms with van der Waals surface area (Å²) >= 11 is 0. The van der Waals surface area contributed by atoms with Crippen molar-refractivity contribution >= 4 is 9.84 Å². The highest BCUT2D eigenvalue weighted by molar-refractivity contribution is 7.91. The van der Waals surface area contributed by atoms with E-state index in [2.05, 4.69) is 29.2 Å². The van der Waals surface area contributed by atoms with Gasteiger partial charge in [-0.3, -0.25) is 0 Å². The fourth-order valence-corrected chi connectivity index (χ4v) is 4.33. The molecule has 0 N–H and O–H groups in total. The first kappa shape index (κ1) is 15.3. The Labute approximate surface area is 132 Å². The van der Waals surface area contributed by atoms with Gasteiger partial charge in [-0.25, -0.2) is 8.42 Å². The molecule has 0 amide bonds. The van der Waals surface area contributed by atoms with Gasteiger partial charge in [-0.05, 0) is 36.6 Å². The van der Waals surface area contributed by atoms with Crippen molar-refractivity contribution in [2.75, 3.05) is 25.4 Å². The van der Waals surface area contributed by atoms with Crippen LogP contribution in [-0.2, 0) is 9.84 Å². The van der Waals surface area contributed by atoms with Gasteiger partial charge in [0.15, 0.2) is 9.84 Å². The molecule has 2 aromatic carbocycles. The minimum absolute atomic E-state index is 0.193. The van der Waals surface area contributed by atoms with E-state index in [9.17, 15) is 8.42 Å². The molecular weight excluding hydrogens is 294 g/mol. The number of hydrogen-bond donors (Lipinski definition) is 0. The summed E-state index contributed by atoms with van der Waals surface area (Å²) in [5, 5.41) is 0. The molecule has 2 aromatic rings. The van der Waals surface area contributed by atoms with Gasteiger partial charge in [0.1, 0.15) is 0 Å². The zero-order chi connectivity index (χ0) is 15.4. The molecule has 1 atom stereocenters. The van der Waals surface area contributed by atoms with E-state index in [0.29, 0.717) is 17.4 Å². The quantitative estimate of drug-likeness (QED) is 0.851. The number of nitrogens with zero attached hydrogens (tertiary/aromatic N) is 1. The van der Waals surface area contributed by atoms with Crippen molar-refractivity contribution in [3.05, 3.63) is 66.2 Å². The molecule has 22 heavy (non-hydrogen) atoms. The highest BCUT2D eigenvalue weighted by Gasteiger charge is 2.25. The average molecular weight is 315 g/mol. The Hall–Kier alpha value is -1.65. The summed E-state index contributed by atoms with van der Waals surface area (Å²) in [6.07, 6.45) is 1.11. The largest absolute Gasteiger partial charge is 0.302 e. The van der Waals surface area contributed by atoms with Crippen LogP contribution in [0.5, 0.6) is 0 Å². The van der Waals surface area contributed by atoms with E-state index >= 15 is 0 Å². The number of rotatable bonds is 5. The Bertz CT molecular complexity index is 698. The Kier molecular flexibility index (Phi) is 4.60. The summed E-state index contributed by atoms with van der Waals surface area (Å²) in [5.41, 5.74) is 1.36. The smallest absolute Gasteiger partial charge is 0.179 e. The molecule has 0 aliphatic carbocycles. The first-order chi connectivity index (χ1) is 10.6. The molecule has 1 heterocycles. The predicted octanol–water partition coefficient (Wildman–Crippen LogP) is 2.95. The van der Waals surface area contributed by atoms with Gasteiger partial charge in [0.25, 0.3) is 0 Å². The molecule has 0 bridgehead atoms. The van der Waals surface area contributed by atoms with Crippen LogP contribution in [0, 0.1) is 0 Å². The van der Waals surface area contributed by atoms with Crippen LogP contribution in [0.25, 0.3) is 0 Å². The molecule has 0 aromatic heterocycles. The Morgan fingerprint density at radius 1 is 0.955 bits per heavy atom. The molecule has 0 radical (unpaired) electrons. The number of hydrogen-bond acceptors (Lipinski definition) is 3. The van der Waals surface area contributed by atoms with Crippen molar-refractivity contribution < 1.29 is 8.42 Å². The fourth-order valence-electron chi connectivity index (χ4n) is 3.03. The Balaban J connectivity index is 1.57. The van der Waals surface area contributed by atoms with Gasteiger partial charge in [0, 0.05) is 13.1 Å². The van der Waals surface area contributed by atoms with Gasteiger partial charge in [-0.2, -0.15) is 0 Å². The van der Waals surface area contributed by atoms with Gasteiger partial charge in [0.05, 0.1) is 10.6 Å². The lowest BCUT2D eigenvalue weighted by atomic mass is 9.99. The number of likely N-dealkylation sites (tertiary alicyclic amines) is 1. The maximum absolute atomic E-state index is 12.3. The van der Waals surface area contributed by atoms with Gasteiger partial charge in [0.2, 0.25) is 0 Å². The third-order valence-corrected chi connectivity index (χ3v) is 6.03. The molecule has 1 fully saturated rings. The summed E-state index contributed by atoms with van der Waals surface area (Å²) in [7, 11) is -3.17. The van der Waals surface area contributed by atoms with Crippen molar-refractivity contribution in [1.29, 1.82) is 0 Å². The monoisotopic (exact) mass is 315 g/mol. The van der Waals surface area contributed by atoms with E-state index in [1.165, 1.54) is 5.56 Å². The molecule has 0 unspecified atom stereocenters. The molecular formula is C18H21NO2S. The van der Waals surface area contributed by atoms with Crippen molar-refractivity contribution in [2.45, 2.75) is 17.2 Å². The van der Waals surface area contributed by atoms with Crippen LogP contribution in [0.15, 0.2) is 65.6 Å². The van der Waals surface area contributed by atoms with Crippen LogP contribution in [0.1, 0.15) is 17.9 Å². The SMILES string of the molecule is O=S(=O)(CCN1CC[C@@H](c2ccccc2)C1)c1ccccc1. The Morgan fingerprint density at radius 2 is 1.59 bits per heavy atom. The van der Waals surface area contributed by atoms with Gasteiger partial charge < -0.3 is 4.90 Å². The molecule has 116 valence electrons. The molecule has 1 aliphatic rings. The van der Waals surface area contributed by atoms with Crippen LogP contribution >= 0.6 is 0 Å². The molecule has 0 spiro atoms. The van der Waals surface area contributed by atoms with Crippen LogP contribution in [0.2, 0.25) is 0 Å². The second-order valence-corrected chi connectivity index (χ2v) is 7.94. The summed E-state index contributed by atoms with van der Waals surface area (Å²) in [4.78, 5) is 2.69. The van der Waals surface area contributed by atoms with E-state index in [1.54, 1.807) is 24.3 Å². The normalized spacial score (nSPS) is 19.4. The molecule has 1 aliphatic heterocycles. The third-order valence-electron chi connectivity index (χ3n) is 4.32.